The fourth-order valence-electron chi connectivity index (χ4n) is 2.78. The molecule has 0 unspecified atom stereocenters. The molecule has 0 bridgehead atoms. The molecule has 2 aromatic heterocycles. The van der Waals surface area contributed by atoms with Gasteiger partial charge >= 0.3 is 0 Å². The van der Waals surface area contributed by atoms with Crippen LogP contribution >= 0.6 is 27.5 Å². The number of hydrogen-bond acceptors (Lipinski definition) is 5. The SMILES string of the molecule is CN(c1ccncn1)C1CCN(c2ncc(Cl)cc2Br)CC1. The highest BCUT2D eigenvalue weighted by Gasteiger charge is 2.25. The Balaban J connectivity index is 1.65. The molecule has 5 nitrogen and oxygen atoms in total. The minimum Gasteiger partial charge on any atom is -0.356 e. The number of aromatic nitrogens is 3. The molecule has 0 aromatic carbocycles. The summed E-state index contributed by atoms with van der Waals surface area (Å²) < 4.78 is 0.947. The molecule has 7 heteroatoms. The zero-order chi connectivity index (χ0) is 15.5. The number of anilines is 2. The summed E-state index contributed by atoms with van der Waals surface area (Å²) in [5.41, 5.74) is 0. The van der Waals surface area contributed by atoms with Gasteiger partial charge in [-0.2, -0.15) is 0 Å². The molecule has 0 atom stereocenters. The average Bonchev–Trinajstić information content (AvgIpc) is 2.55. The van der Waals surface area contributed by atoms with Gasteiger partial charge in [-0.1, -0.05) is 11.6 Å². The Morgan fingerprint density at radius 2 is 2.09 bits per heavy atom. The van der Waals surface area contributed by atoms with Crippen LogP contribution in [-0.4, -0.2) is 41.1 Å². The molecule has 0 amide bonds. The third-order valence-corrected chi connectivity index (χ3v) is 4.82. The van der Waals surface area contributed by atoms with E-state index in [2.05, 4.69) is 47.7 Å². The van der Waals surface area contributed by atoms with Crippen LogP contribution in [0.15, 0.2) is 35.3 Å². The second-order valence-electron chi connectivity index (χ2n) is 5.36. The smallest absolute Gasteiger partial charge is 0.142 e. The summed E-state index contributed by atoms with van der Waals surface area (Å²) in [7, 11) is 2.10. The molecule has 1 aliphatic heterocycles. The second kappa shape index (κ2) is 6.79. The molecule has 0 spiro atoms. The van der Waals surface area contributed by atoms with Gasteiger partial charge in [-0.05, 0) is 40.9 Å². The highest BCUT2D eigenvalue weighted by molar-refractivity contribution is 9.10. The maximum Gasteiger partial charge on any atom is 0.142 e. The topological polar surface area (TPSA) is 45.2 Å². The standard InChI is InChI=1S/C15H17BrClN5/c1-21(14-2-5-18-10-20-14)12-3-6-22(7-4-12)15-13(16)8-11(17)9-19-15/h2,5,8-10,12H,3-4,6-7H2,1H3. The number of nitrogens with zero attached hydrogens (tertiary/aromatic N) is 5. The fraction of sp³-hybridized carbons (Fsp3) is 0.400. The van der Waals surface area contributed by atoms with Gasteiger partial charge in [0.2, 0.25) is 0 Å². The lowest BCUT2D eigenvalue weighted by atomic mass is 10.0. The Hall–Kier alpha value is -1.40. The fourth-order valence-corrected chi connectivity index (χ4v) is 3.67. The van der Waals surface area contributed by atoms with Crippen molar-refractivity contribution in [3.63, 3.8) is 0 Å². The van der Waals surface area contributed by atoms with Gasteiger partial charge in [0.15, 0.2) is 0 Å². The quantitative estimate of drug-likeness (QED) is 0.814. The first kappa shape index (κ1) is 15.5. The molecule has 3 rings (SSSR count). The molecule has 22 heavy (non-hydrogen) atoms. The molecule has 0 saturated carbocycles. The van der Waals surface area contributed by atoms with Crippen LogP contribution in [0.4, 0.5) is 11.6 Å². The van der Waals surface area contributed by atoms with Crippen LogP contribution in [0.2, 0.25) is 5.02 Å². The average molecular weight is 383 g/mol. The molecule has 0 aliphatic carbocycles. The van der Waals surface area contributed by atoms with Gasteiger partial charge in [0.25, 0.3) is 0 Å². The van der Waals surface area contributed by atoms with E-state index in [4.69, 9.17) is 11.6 Å². The zero-order valence-electron chi connectivity index (χ0n) is 12.3. The van der Waals surface area contributed by atoms with E-state index in [-0.39, 0.29) is 0 Å². The second-order valence-corrected chi connectivity index (χ2v) is 6.65. The molecular weight excluding hydrogens is 366 g/mol. The number of piperidine rings is 1. The highest BCUT2D eigenvalue weighted by Crippen LogP contribution is 2.29. The van der Waals surface area contributed by atoms with E-state index in [0.717, 1.165) is 42.0 Å². The molecule has 3 heterocycles. The van der Waals surface area contributed by atoms with E-state index in [0.29, 0.717) is 11.1 Å². The maximum atomic E-state index is 5.96. The molecule has 116 valence electrons. The molecule has 1 saturated heterocycles. The van der Waals surface area contributed by atoms with Crippen molar-refractivity contribution in [2.45, 2.75) is 18.9 Å². The van der Waals surface area contributed by atoms with Crippen molar-refractivity contribution < 1.29 is 0 Å². The lowest BCUT2D eigenvalue weighted by Gasteiger charge is -2.38. The predicted molar refractivity (Wildman–Crippen MR) is 92.6 cm³/mol. The van der Waals surface area contributed by atoms with E-state index in [1.54, 1.807) is 18.7 Å². The van der Waals surface area contributed by atoms with Crippen LogP contribution in [0.25, 0.3) is 0 Å². The van der Waals surface area contributed by atoms with Gasteiger partial charge in [0.05, 0.1) is 9.50 Å². The van der Waals surface area contributed by atoms with Crippen molar-refractivity contribution >= 4 is 39.2 Å². The van der Waals surface area contributed by atoms with E-state index in [1.165, 1.54) is 0 Å². The lowest BCUT2D eigenvalue weighted by molar-refractivity contribution is 0.477. The lowest BCUT2D eigenvalue weighted by Crippen LogP contribution is -2.44. The van der Waals surface area contributed by atoms with Crippen molar-refractivity contribution in [3.8, 4) is 0 Å². The van der Waals surface area contributed by atoms with Crippen LogP contribution in [-0.2, 0) is 0 Å². The summed E-state index contributed by atoms with van der Waals surface area (Å²) in [5.74, 6) is 1.94. The summed E-state index contributed by atoms with van der Waals surface area (Å²) in [5, 5.41) is 0.647. The van der Waals surface area contributed by atoms with Crippen LogP contribution < -0.4 is 9.80 Å². The molecule has 1 fully saturated rings. The first-order chi connectivity index (χ1) is 10.6. The van der Waals surface area contributed by atoms with Gasteiger partial charge in [-0.25, -0.2) is 15.0 Å². The Labute approximate surface area is 143 Å². The minimum absolute atomic E-state index is 0.484. The number of hydrogen-bond donors (Lipinski definition) is 0. The Bertz CT molecular complexity index is 631. The minimum atomic E-state index is 0.484. The molecule has 2 aromatic rings. The largest absolute Gasteiger partial charge is 0.356 e. The first-order valence-electron chi connectivity index (χ1n) is 7.20. The predicted octanol–water partition coefficient (Wildman–Crippen LogP) is 3.39. The molecule has 0 radical (unpaired) electrons. The molecular formula is C15H17BrClN5. The zero-order valence-corrected chi connectivity index (χ0v) is 14.6. The summed E-state index contributed by atoms with van der Waals surface area (Å²) in [6, 6.07) is 4.32. The summed E-state index contributed by atoms with van der Waals surface area (Å²) >= 11 is 9.51. The Kier molecular flexibility index (Phi) is 4.78. The van der Waals surface area contributed by atoms with Gasteiger partial charge in [0, 0.05) is 38.6 Å². The highest BCUT2D eigenvalue weighted by atomic mass is 79.9. The van der Waals surface area contributed by atoms with Crippen molar-refractivity contribution in [1.82, 2.24) is 15.0 Å². The van der Waals surface area contributed by atoms with Crippen LogP contribution in [0.3, 0.4) is 0 Å². The van der Waals surface area contributed by atoms with E-state index in [1.807, 2.05) is 12.1 Å². The van der Waals surface area contributed by atoms with Gasteiger partial charge in [-0.15, -0.1) is 0 Å². The summed E-state index contributed by atoms with van der Waals surface area (Å²) in [4.78, 5) is 17.3. The number of rotatable bonds is 3. The Morgan fingerprint density at radius 3 is 2.73 bits per heavy atom. The van der Waals surface area contributed by atoms with Gasteiger partial charge < -0.3 is 9.80 Å². The number of pyridine rings is 1. The van der Waals surface area contributed by atoms with E-state index in [9.17, 15) is 0 Å². The first-order valence-corrected chi connectivity index (χ1v) is 8.37. The summed E-state index contributed by atoms with van der Waals surface area (Å²) in [6.45, 7) is 1.93. The monoisotopic (exact) mass is 381 g/mol. The van der Waals surface area contributed by atoms with E-state index < -0.39 is 0 Å². The van der Waals surface area contributed by atoms with Crippen molar-refractivity contribution in [2.75, 3.05) is 29.9 Å². The number of halogens is 2. The van der Waals surface area contributed by atoms with E-state index >= 15 is 0 Å². The third-order valence-electron chi connectivity index (χ3n) is 4.03. The molecule has 1 aliphatic rings. The maximum absolute atomic E-state index is 5.96. The molecule has 0 N–H and O–H groups in total. The summed E-state index contributed by atoms with van der Waals surface area (Å²) in [6.07, 6.45) is 7.20. The normalized spacial score (nSPS) is 15.9. The Morgan fingerprint density at radius 1 is 1.32 bits per heavy atom. The van der Waals surface area contributed by atoms with Gasteiger partial charge in [-0.3, -0.25) is 0 Å². The van der Waals surface area contributed by atoms with Crippen LogP contribution in [0.5, 0.6) is 0 Å². The van der Waals surface area contributed by atoms with Crippen molar-refractivity contribution in [2.24, 2.45) is 0 Å². The third kappa shape index (κ3) is 3.33. The van der Waals surface area contributed by atoms with Crippen molar-refractivity contribution in [1.29, 1.82) is 0 Å². The van der Waals surface area contributed by atoms with Crippen molar-refractivity contribution in [3.05, 3.63) is 40.3 Å². The van der Waals surface area contributed by atoms with Gasteiger partial charge in [0.1, 0.15) is 18.0 Å². The van der Waals surface area contributed by atoms with Crippen LogP contribution in [0.1, 0.15) is 12.8 Å². The van der Waals surface area contributed by atoms with Crippen LogP contribution in [0, 0.1) is 0 Å².